The molecule has 0 fully saturated rings. The average molecular weight is 729 g/mol. The monoisotopic (exact) mass is 729 g/mol. The molecular formula is C40H72O11. The number of methoxy groups -OCH3 is 3. The topological polar surface area (TPSA) is 120 Å². The van der Waals surface area contributed by atoms with E-state index in [2.05, 4.69) is 0 Å². The van der Waals surface area contributed by atoms with Gasteiger partial charge in [-0.05, 0) is 114 Å². The zero-order chi connectivity index (χ0) is 39.2. The van der Waals surface area contributed by atoms with Gasteiger partial charge in [0, 0.05) is 60.4 Å². The van der Waals surface area contributed by atoms with Gasteiger partial charge in [0.15, 0.2) is 11.5 Å². The van der Waals surface area contributed by atoms with E-state index in [0.717, 1.165) is 19.3 Å². The number of hydrogen-bond donors (Lipinski definition) is 1. The van der Waals surface area contributed by atoms with E-state index in [4.69, 9.17) is 42.6 Å². The molecule has 11 heteroatoms. The van der Waals surface area contributed by atoms with E-state index >= 15 is 0 Å². The first-order valence-corrected chi connectivity index (χ1v) is 18.2. The largest absolute Gasteiger partial charge is 0.484 e. The molecule has 0 unspecified atom stereocenters. The zero-order valence-corrected chi connectivity index (χ0v) is 34.7. The van der Waals surface area contributed by atoms with Crippen molar-refractivity contribution in [3.05, 3.63) is 17.7 Å². The van der Waals surface area contributed by atoms with Crippen LogP contribution in [0.25, 0.3) is 0 Å². The van der Waals surface area contributed by atoms with Crippen molar-refractivity contribution < 1.29 is 52.5 Å². The molecule has 0 saturated carbocycles. The Labute approximate surface area is 309 Å². The van der Waals surface area contributed by atoms with Gasteiger partial charge in [-0.15, -0.1) is 0 Å². The van der Waals surface area contributed by atoms with Crippen LogP contribution in [0.3, 0.4) is 0 Å². The van der Waals surface area contributed by atoms with Crippen LogP contribution in [-0.4, -0.2) is 106 Å². The third kappa shape index (κ3) is 19.5. The highest BCUT2D eigenvalue weighted by Crippen LogP contribution is 2.45. The molecule has 0 aliphatic heterocycles. The molecule has 1 aromatic rings. The van der Waals surface area contributed by atoms with Crippen LogP contribution < -0.4 is 14.2 Å². The first kappa shape index (κ1) is 46.9. The number of rotatable bonds is 28. The summed E-state index contributed by atoms with van der Waals surface area (Å²) in [6.45, 7) is 27.0. The SMILES string of the molecule is COCCC(C)(C)OCCC(C)(C)Oc1cc(C(=O)O)cc(OC(C)(C)CCOC(C)(C)CCOC)c1OC(C)(C)CCOC(C)(C)CCOC. The molecule has 11 nitrogen and oxygen atoms in total. The summed E-state index contributed by atoms with van der Waals surface area (Å²) < 4.78 is 54.4. The minimum Gasteiger partial charge on any atom is -0.484 e. The summed E-state index contributed by atoms with van der Waals surface area (Å²) in [7, 11) is 5.03. The van der Waals surface area contributed by atoms with Crippen LogP contribution in [0.4, 0.5) is 0 Å². The Hall–Kier alpha value is -2.15. The van der Waals surface area contributed by atoms with Crippen molar-refractivity contribution in [3.8, 4) is 17.2 Å². The molecule has 0 radical (unpaired) electrons. The van der Waals surface area contributed by atoms with Gasteiger partial charge in [-0.2, -0.15) is 0 Å². The Kier molecular flexibility index (Phi) is 18.7. The van der Waals surface area contributed by atoms with Gasteiger partial charge in [0.2, 0.25) is 5.75 Å². The molecule has 0 heterocycles. The summed E-state index contributed by atoms with van der Waals surface area (Å²) in [6, 6.07) is 3.01. The molecule has 1 rings (SSSR count). The second-order valence-electron chi connectivity index (χ2n) is 17.0. The van der Waals surface area contributed by atoms with E-state index < -0.39 is 22.8 Å². The normalized spacial score (nSPS) is 13.4. The van der Waals surface area contributed by atoms with Crippen molar-refractivity contribution in [3.63, 3.8) is 0 Å². The van der Waals surface area contributed by atoms with Gasteiger partial charge in [-0.1, -0.05) is 0 Å². The van der Waals surface area contributed by atoms with Crippen molar-refractivity contribution >= 4 is 5.97 Å². The fourth-order valence-corrected chi connectivity index (χ4v) is 4.96. The summed E-state index contributed by atoms with van der Waals surface area (Å²) in [4.78, 5) is 12.4. The van der Waals surface area contributed by atoms with E-state index in [1.54, 1.807) is 21.3 Å². The lowest BCUT2D eigenvalue weighted by Gasteiger charge is -2.35. The van der Waals surface area contributed by atoms with E-state index in [9.17, 15) is 9.90 Å². The highest BCUT2D eigenvalue weighted by atomic mass is 16.6. The van der Waals surface area contributed by atoms with Crippen LogP contribution in [0.1, 0.15) is 132 Å². The van der Waals surface area contributed by atoms with Crippen LogP contribution in [0, 0.1) is 0 Å². The second-order valence-corrected chi connectivity index (χ2v) is 17.0. The van der Waals surface area contributed by atoms with E-state index in [1.165, 1.54) is 12.1 Å². The number of carboxylic acids is 1. The fraction of sp³-hybridized carbons (Fsp3) is 0.825. The van der Waals surface area contributed by atoms with Gasteiger partial charge in [0.05, 0.1) is 42.2 Å². The lowest BCUT2D eigenvalue weighted by molar-refractivity contribution is -0.0606. The van der Waals surface area contributed by atoms with Crippen molar-refractivity contribution in [2.75, 3.05) is 61.0 Å². The van der Waals surface area contributed by atoms with E-state index in [1.807, 2.05) is 83.1 Å². The molecule has 0 aromatic heterocycles. The highest BCUT2D eigenvalue weighted by molar-refractivity contribution is 5.89. The third-order valence-corrected chi connectivity index (χ3v) is 8.73. The highest BCUT2D eigenvalue weighted by Gasteiger charge is 2.33. The number of aromatic carboxylic acids is 1. The number of ether oxygens (including phenoxy) is 9. The third-order valence-electron chi connectivity index (χ3n) is 8.73. The van der Waals surface area contributed by atoms with Gasteiger partial charge >= 0.3 is 5.97 Å². The van der Waals surface area contributed by atoms with Crippen LogP contribution in [0.15, 0.2) is 12.1 Å². The number of carbonyl (C=O) groups is 1. The molecule has 0 aliphatic rings. The predicted molar refractivity (Wildman–Crippen MR) is 201 cm³/mol. The van der Waals surface area contributed by atoms with Crippen molar-refractivity contribution in [2.45, 2.75) is 155 Å². The fourth-order valence-electron chi connectivity index (χ4n) is 4.96. The second kappa shape index (κ2) is 20.3. The maximum atomic E-state index is 12.4. The number of carboxylic acid groups (broad SMARTS) is 1. The Bertz CT molecular complexity index is 1110. The van der Waals surface area contributed by atoms with Crippen molar-refractivity contribution in [2.24, 2.45) is 0 Å². The Balaban J connectivity index is 3.47. The molecule has 1 N–H and O–H groups in total. The molecule has 298 valence electrons. The predicted octanol–water partition coefficient (Wildman–Crippen LogP) is 8.52. The lowest BCUT2D eigenvalue weighted by atomic mass is 10.0. The van der Waals surface area contributed by atoms with Gasteiger partial charge in [0.1, 0.15) is 16.8 Å². The number of hydrogen-bond acceptors (Lipinski definition) is 10. The lowest BCUT2D eigenvalue weighted by Crippen LogP contribution is -2.36. The molecular weight excluding hydrogens is 656 g/mol. The van der Waals surface area contributed by atoms with Crippen molar-refractivity contribution in [1.29, 1.82) is 0 Å². The van der Waals surface area contributed by atoms with Gasteiger partial charge in [-0.25, -0.2) is 4.79 Å². The summed E-state index contributed by atoms with van der Waals surface area (Å²) in [5, 5.41) is 10.2. The first-order chi connectivity index (χ1) is 23.4. The minimum absolute atomic E-state index is 0.0221. The first-order valence-electron chi connectivity index (χ1n) is 18.2. The molecule has 0 saturated heterocycles. The Morgan fingerprint density at radius 3 is 1.02 bits per heavy atom. The molecule has 0 aliphatic carbocycles. The zero-order valence-electron chi connectivity index (χ0n) is 34.7. The summed E-state index contributed by atoms with van der Waals surface area (Å²) >= 11 is 0. The van der Waals surface area contributed by atoms with E-state index in [-0.39, 0.29) is 33.9 Å². The van der Waals surface area contributed by atoms with Crippen LogP contribution in [0.5, 0.6) is 17.2 Å². The molecule has 0 amide bonds. The van der Waals surface area contributed by atoms with Crippen molar-refractivity contribution in [1.82, 2.24) is 0 Å². The minimum atomic E-state index is -1.11. The quantitative estimate of drug-likeness (QED) is 0.0894. The van der Waals surface area contributed by atoms with Crippen LogP contribution >= 0.6 is 0 Å². The molecule has 1 aromatic carbocycles. The number of benzene rings is 1. The van der Waals surface area contributed by atoms with Crippen LogP contribution in [-0.2, 0) is 28.4 Å². The van der Waals surface area contributed by atoms with Gasteiger partial charge in [-0.3, -0.25) is 0 Å². The van der Waals surface area contributed by atoms with Crippen LogP contribution in [0.2, 0.25) is 0 Å². The summed E-state index contributed by atoms with van der Waals surface area (Å²) in [5.41, 5.74) is -3.33. The molecule has 51 heavy (non-hydrogen) atoms. The van der Waals surface area contributed by atoms with E-state index in [0.29, 0.717) is 64.7 Å². The Morgan fingerprint density at radius 2 is 0.745 bits per heavy atom. The summed E-state index contributed by atoms with van der Waals surface area (Å²) in [6.07, 6.45) is 3.86. The Morgan fingerprint density at radius 1 is 0.471 bits per heavy atom. The standard InChI is InChI=1S/C40H72O11/c1-35(2,16-22-43-13)46-25-19-38(7,8)49-31-28-30(34(41)42)29-32(50-39(9,10)20-26-47-36(3,4)17-23-44-14)33(31)51-40(11,12)21-27-48-37(5,6)18-24-45-15/h28-29H,16-27H2,1-15H3,(H,41,42). The average Bonchev–Trinajstić information content (AvgIpc) is 2.98. The summed E-state index contributed by atoms with van der Waals surface area (Å²) in [5.74, 6) is -0.233. The molecule has 0 spiro atoms. The smallest absolute Gasteiger partial charge is 0.335 e. The molecule has 0 bridgehead atoms. The maximum Gasteiger partial charge on any atom is 0.335 e. The molecule has 0 atom stereocenters. The van der Waals surface area contributed by atoms with Gasteiger partial charge < -0.3 is 47.7 Å². The maximum absolute atomic E-state index is 12.4. The van der Waals surface area contributed by atoms with Gasteiger partial charge in [0.25, 0.3) is 0 Å².